The first-order valence-corrected chi connectivity index (χ1v) is 8.63. The van der Waals surface area contributed by atoms with Crippen LogP contribution in [-0.4, -0.2) is 44.0 Å². The van der Waals surface area contributed by atoms with Crippen molar-refractivity contribution in [2.24, 2.45) is 5.92 Å². The highest BCUT2D eigenvalue weighted by Gasteiger charge is 2.16. The monoisotopic (exact) mass is 309 g/mol. The zero-order valence-electron chi connectivity index (χ0n) is 12.8. The normalized spacial score (nSPS) is 15.2. The molecule has 7 heteroatoms. The molecule has 0 saturated heterocycles. The van der Waals surface area contributed by atoms with Crippen molar-refractivity contribution in [3.8, 4) is 0 Å². The maximum atomic E-state index is 11.7. The molecule has 0 aromatic heterocycles. The molecule has 0 fully saturated rings. The van der Waals surface area contributed by atoms with Crippen molar-refractivity contribution in [1.82, 2.24) is 4.72 Å². The van der Waals surface area contributed by atoms with Crippen molar-refractivity contribution in [3.05, 3.63) is 0 Å². The van der Waals surface area contributed by atoms with Crippen LogP contribution in [0.15, 0.2) is 0 Å². The van der Waals surface area contributed by atoms with Gasteiger partial charge in [0, 0.05) is 6.04 Å². The number of rotatable bonds is 11. The number of hydrogen-bond donors (Lipinski definition) is 2. The van der Waals surface area contributed by atoms with Crippen LogP contribution >= 0.6 is 0 Å². The number of hydrogen-bond acceptors (Lipinski definition) is 4. The van der Waals surface area contributed by atoms with E-state index in [4.69, 9.17) is 9.84 Å². The molecule has 0 aliphatic carbocycles. The Balaban J connectivity index is 3.94. The van der Waals surface area contributed by atoms with E-state index in [2.05, 4.69) is 4.72 Å². The van der Waals surface area contributed by atoms with Crippen LogP contribution in [0.1, 0.15) is 47.0 Å². The van der Waals surface area contributed by atoms with E-state index in [1.165, 1.54) is 0 Å². The van der Waals surface area contributed by atoms with Gasteiger partial charge in [-0.3, -0.25) is 4.79 Å². The Morgan fingerprint density at radius 1 is 1.20 bits per heavy atom. The first-order valence-electron chi connectivity index (χ1n) is 6.98. The zero-order valence-corrected chi connectivity index (χ0v) is 13.6. The molecule has 0 heterocycles. The van der Waals surface area contributed by atoms with Crippen LogP contribution in [0.4, 0.5) is 0 Å². The Morgan fingerprint density at radius 2 is 1.80 bits per heavy atom. The largest absolute Gasteiger partial charge is 0.481 e. The quantitative estimate of drug-likeness (QED) is 0.605. The third kappa shape index (κ3) is 10.2. The van der Waals surface area contributed by atoms with E-state index in [1.807, 2.05) is 13.8 Å². The Hall–Kier alpha value is -0.660. The average molecular weight is 309 g/mol. The Labute approximate surface area is 121 Å². The maximum Gasteiger partial charge on any atom is 0.306 e. The summed E-state index contributed by atoms with van der Waals surface area (Å²) in [6, 6.07) is -0.194. The van der Waals surface area contributed by atoms with Crippen molar-refractivity contribution < 1.29 is 23.1 Å². The lowest BCUT2D eigenvalue weighted by Crippen LogP contribution is -2.35. The van der Waals surface area contributed by atoms with E-state index in [9.17, 15) is 13.2 Å². The van der Waals surface area contributed by atoms with E-state index >= 15 is 0 Å². The van der Waals surface area contributed by atoms with Crippen molar-refractivity contribution in [1.29, 1.82) is 0 Å². The molecular formula is C13H27NO5S. The number of ether oxygens (including phenoxy) is 1. The van der Waals surface area contributed by atoms with Gasteiger partial charge in [0.2, 0.25) is 10.0 Å². The van der Waals surface area contributed by atoms with Gasteiger partial charge in [-0.1, -0.05) is 13.3 Å². The molecule has 0 aliphatic rings. The molecule has 0 aromatic carbocycles. The lowest BCUT2D eigenvalue weighted by Gasteiger charge is -2.15. The molecular weight excluding hydrogens is 282 g/mol. The average Bonchev–Trinajstić information content (AvgIpc) is 2.26. The molecule has 0 rings (SSSR count). The molecule has 0 spiro atoms. The SMILES string of the molecule is CC(CCCC(C)C(=O)O)NS(=O)(=O)CCOC(C)C. The van der Waals surface area contributed by atoms with Gasteiger partial charge in [-0.2, -0.15) is 0 Å². The highest BCUT2D eigenvalue weighted by molar-refractivity contribution is 7.89. The highest BCUT2D eigenvalue weighted by atomic mass is 32.2. The summed E-state index contributed by atoms with van der Waals surface area (Å²) in [4.78, 5) is 10.7. The van der Waals surface area contributed by atoms with Crippen LogP contribution in [0.3, 0.4) is 0 Å². The van der Waals surface area contributed by atoms with Gasteiger partial charge in [0.25, 0.3) is 0 Å². The number of sulfonamides is 1. The number of nitrogens with one attached hydrogen (secondary N) is 1. The molecule has 2 atom stereocenters. The third-order valence-electron chi connectivity index (χ3n) is 2.88. The molecule has 120 valence electrons. The van der Waals surface area contributed by atoms with Crippen molar-refractivity contribution in [2.45, 2.75) is 59.1 Å². The van der Waals surface area contributed by atoms with E-state index in [-0.39, 0.29) is 24.5 Å². The second-order valence-electron chi connectivity index (χ2n) is 5.43. The van der Waals surface area contributed by atoms with Gasteiger partial charge in [-0.05, 0) is 33.6 Å². The summed E-state index contributed by atoms with van der Waals surface area (Å²) in [5, 5.41) is 8.75. The zero-order chi connectivity index (χ0) is 15.8. The molecule has 20 heavy (non-hydrogen) atoms. The standard InChI is InChI=1S/C13H27NO5S/c1-10(2)19-8-9-20(17,18)14-12(4)7-5-6-11(3)13(15)16/h10-12,14H,5-9H2,1-4H3,(H,15,16). The Kier molecular flexibility index (Phi) is 9.00. The smallest absolute Gasteiger partial charge is 0.306 e. The van der Waals surface area contributed by atoms with Gasteiger partial charge < -0.3 is 9.84 Å². The van der Waals surface area contributed by atoms with Gasteiger partial charge in [0.15, 0.2) is 0 Å². The molecule has 0 aliphatic heterocycles. The van der Waals surface area contributed by atoms with Gasteiger partial charge >= 0.3 is 5.97 Å². The first-order chi connectivity index (χ1) is 9.14. The second-order valence-corrected chi connectivity index (χ2v) is 7.30. The van der Waals surface area contributed by atoms with Gasteiger partial charge in [-0.25, -0.2) is 13.1 Å². The van der Waals surface area contributed by atoms with Crippen molar-refractivity contribution >= 4 is 16.0 Å². The Bertz CT molecular complexity index is 380. The summed E-state index contributed by atoms with van der Waals surface area (Å²) in [7, 11) is -3.33. The van der Waals surface area contributed by atoms with Gasteiger partial charge in [0.1, 0.15) is 0 Å². The molecule has 2 N–H and O–H groups in total. The number of carbonyl (C=O) groups is 1. The number of carboxylic acids is 1. The second kappa shape index (κ2) is 9.31. The molecule has 0 aromatic rings. The van der Waals surface area contributed by atoms with Crippen LogP contribution in [0.5, 0.6) is 0 Å². The lowest BCUT2D eigenvalue weighted by atomic mass is 10.0. The van der Waals surface area contributed by atoms with Crippen LogP contribution < -0.4 is 4.72 Å². The fourth-order valence-corrected chi connectivity index (χ4v) is 2.84. The maximum absolute atomic E-state index is 11.7. The molecule has 0 saturated carbocycles. The summed E-state index contributed by atoms with van der Waals surface area (Å²) in [6.07, 6.45) is 1.87. The van der Waals surface area contributed by atoms with Crippen LogP contribution in [0.2, 0.25) is 0 Å². The van der Waals surface area contributed by atoms with Crippen LogP contribution in [0.25, 0.3) is 0 Å². The number of aliphatic carboxylic acids is 1. The van der Waals surface area contributed by atoms with Crippen LogP contribution in [-0.2, 0) is 19.6 Å². The first kappa shape index (κ1) is 19.3. The van der Waals surface area contributed by atoms with E-state index in [0.717, 1.165) is 0 Å². The minimum atomic E-state index is -3.33. The van der Waals surface area contributed by atoms with E-state index in [1.54, 1.807) is 13.8 Å². The summed E-state index contributed by atoms with van der Waals surface area (Å²) in [6.45, 7) is 7.32. The predicted molar refractivity (Wildman–Crippen MR) is 78.1 cm³/mol. The summed E-state index contributed by atoms with van der Waals surface area (Å²) >= 11 is 0. The van der Waals surface area contributed by atoms with E-state index < -0.39 is 21.9 Å². The summed E-state index contributed by atoms with van der Waals surface area (Å²) in [5.41, 5.74) is 0. The Morgan fingerprint density at radius 3 is 2.30 bits per heavy atom. The van der Waals surface area contributed by atoms with Gasteiger partial charge in [-0.15, -0.1) is 0 Å². The molecule has 0 radical (unpaired) electrons. The minimum absolute atomic E-state index is 0.0140. The fourth-order valence-electron chi connectivity index (χ4n) is 1.67. The third-order valence-corrected chi connectivity index (χ3v) is 4.35. The molecule has 0 bridgehead atoms. The minimum Gasteiger partial charge on any atom is -0.481 e. The van der Waals surface area contributed by atoms with Crippen molar-refractivity contribution in [3.63, 3.8) is 0 Å². The van der Waals surface area contributed by atoms with Gasteiger partial charge in [0.05, 0.1) is 24.4 Å². The number of carboxylic acid groups (broad SMARTS) is 1. The van der Waals surface area contributed by atoms with Crippen LogP contribution in [0, 0.1) is 5.92 Å². The van der Waals surface area contributed by atoms with Crippen molar-refractivity contribution in [2.75, 3.05) is 12.4 Å². The fraction of sp³-hybridized carbons (Fsp3) is 0.923. The highest BCUT2D eigenvalue weighted by Crippen LogP contribution is 2.10. The van der Waals surface area contributed by atoms with E-state index in [0.29, 0.717) is 19.3 Å². The molecule has 2 unspecified atom stereocenters. The molecule has 0 amide bonds. The predicted octanol–water partition coefficient (Wildman–Crippen LogP) is 1.61. The topological polar surface area (TPSA) is 92.7 Å². The summed E-state index contributed by atoms with van der Waals surface area (Å²) < 4.78 is 31.3. The lowest BCUT2D eigenvalue weighted by molar-refractivity contribution is -0.141. The summed E-state index contributed by atoms with van der Waals surface area (Å²) in [5.74, 6) is -1.26. The molecule has 6 nitrogen and oxygen atoms in total.